The van der Waals surface area contributed by atoms with Gasteiger partial charge in [-0.05, 0) is 44.9 Å². The zero-order valence-electron chi connectivity index (χ0n) is 9.83. The van der Waals surface area contributed by atoms with Crippen molar-refractivity contribution < 1.29 is 4.74 Å². The van der Waals surface area contributed by atoms with Gasteiger partial charge in [-0.15, -0.1) is 0 Å². The molecule has 1 saturated heterocycles. The molecule has 0 aromatic heterocycles. The summed E-state index contributed by atoms with van der Waals surface area (Å²) in [5, 5.41) is 0. The molecule has 1 aliphatic rings. The van der Waals surface area contributed by atoms with Crippen molar-refractivity contribution in [3.05, 3.63) is 0 Å². The van der Waals surface area contributed by atoms with Gasteiger partial charge in [0.05, 0.1) is 12.2 Å². The SMILES string of the molecule is CC(C)CC(N)CCC1CCC(C)O1. The van der Waals surface area contributed by atoms with Gasteiger partial charge in [0.15, 0.2) is 0 Å². The van der Waals surface area contributed by atoms with Crippen LogP contribution in [0.3, 0.4) is 0 Å². The Morgan fingerprint density at radius 3 is 2.57 bits per heavy atom. The van der Waals surface area contributed by atoms with Gasteiger partial charge in [0.2, 0.25) is 0 Å². The molecule has 1 rings (SSSR count). The number of ether oxygens (including phenoxy) is 1. The standard InChI is InChI=1S/C12H25NO/c1-9(2)8-11(13)5-7-12-6-4-10(3)14-12/h9-12H,4-8,13H2,1-3H3. The summed E-state index contributed by atoms with van der Waals surface area (Å²) in [6.07, 6.45) is 6.83. The fourth-order valence-electron chi connectivity index (χ4n) is 2.22. The second-order valence-electron chi connectivity index (χ2n) is 5.11. The van der Waals surface area contributed by atoms with E-state index in [0.29, 0.717) is 24.2 Å². The van der Waals surface area contributed by atoms with Gasteiger partial charge in [0, 0.05) is 6.04 Å². The Bertz CT molecular complexity index is 158. The molecule has 84 valence electrons. The van der Waals surface area contributed by atoms with Crippen molar-refractivity contribution in [1.82, 2.24) is 0 Å². The van der Waals surface area contributed by atoms with E-state index < -0.39 is 0 Å². The molecule has 3 unspecified atom stereocenters. The Labute approximate surface area is 88.2 Å². The lowest BCUT2D eigenvalue weighted by Gasteiger charge is -2.16. The van der Waals surface area contributed by atoms with Gasteiger partial charge < -0.3 is 10.5 Å². The summed E-state index contributed by atoms with van der Waals surface area (Å²) < 4.78 is 5.76. The smallest absolute Gasteiger partial charge is 0.0580 e. The van der Waals surface area contributed by atoms with E-state index in [4.69, 9.17) is 10.5 Å². The van der Waals surface area contributed by atoms with Crippen LogP contribution in [0.1, 0.15) is 52.9 Å². The van der Waals surface area contributed by atoms with E-state index in [9.17, 15) is 0 Å². The molecule has 0 saturated carbocycles. The third-order valence-electron chi connectivity index (χ3n) is 2.95. The highest BCUT2D eigenvalue weighted by Gasteiger charge is 2.21. The van der Waals surface area contributed by atoms with Crippen molar-refractivity contribution in [2.24, 2.45) is 11.7 Å². The molecule has 0 radical (unpaired) electrons. The van der Waals surface area contributed by atoms with Crippen LogP contribution in [0.5, 0.6) is 0 Å². The van der Waals surface area contributed by atoms with Gasteiger partial charge in [0.1, 0.15) is 0 Å². The minimum Gasteiger partial charge on any atom is -0.375 e. The first-order valence-corrected chi connectivity index (χ1v) is 5.99. The molecule has 2 N–H and O–H groups in total. The maximum Gasteiger partial charge on any atom is 0.0580 e. The Morgan fingerprint density at radius 2 is 2.07 bits per heavy atom. The van der Waals surface area contributed by atoms with Crippen molar-refractivity contribution in [3.63, 3.8) is 0 Å². The first-order chi connectivity index (χ1) is 6.58. The van der Waals surface area contributed by atoms with E-state index in [0.717, 1.165) is 19.3 Å². The summed E-state index contributed by atoms with van der Waals surface area (Å²) in [6.45, 7) is 6.62. The Kier molecular flexibility index (Phi) is 4.90. The lowest BCUT2D eigenvalue weighted by molar-refractivity contribution is 0.0484. The van der Waals surface area contributed by atoms with Crippen molar-refractivity contribution in [3.8, 4) is 0 Å². The maximum absolute atomic E-state index is 6.03. The van der Waals surface area contributed by atoms with E-state index in [1.165, 1.54) is 12.8 Å². The quantitative estimate of drug-likeness (QED) is 0.739. The van der Waals surface area contributed by atoms with E-state index in [1.54, 1.807) is 0 Å². The van der Waals surface area contributed by atoms with Crippen LogP contribution in [0, 0.1) is 5.92 Å². The molecule has 0 bridgehead atoms. The first kappa shape index (κ1) is 12.0. The number of rotatable bonds is 5. The van der Waals surface area contributed by atoms with Gasteiger partial charge >= 0.3 is 0 Å². The minimum atomic E-state index is 0.370. The molecule has 1 heterocycles. The third-order valence-corrected chi connectivity index (χ3v) is 2.95. The molecule has 1 aliphatic heterocycles. The molecule has 1 fully saturated rings. The first-order valence-electron chi connectivity index (χ1n) is 5.99. The average Bonchev–Trinajstić information content (AvgIpc) is 2.47. The van der Waals surface area contributed by atoms with Crippen LogP contribution in [-0.4, -0.2) is 18.2 Å². The van der Waals surface area contributed by atoms with Gasteiger partial charge in [-0.2, -0.15) is 0 Å². The highest BCUT2D eigenvalue weighted by Crippen LogP contribution is 2.23. The lowest BCUT2D eigenvalue weighted by Crippen LogP contribution is -2.24. The van der Waals surface area contributed by atoms with E-state index in [1.807, 2.05) is 0 Å². The summed E-state index contributed by atoms with van der Waals surface area (Å²) in [6, 6.07) is 0.370. The van der Waals surface area contributed by atoms with Crippen LogP contribution in [0.25, 0.3) is 0 Å². The monoisotopic (exact) mass is 199 g/mol. The van der Waals surface area contributed by atoms with Crippen LogP contribution in [0.2, 0.25) is 0 Å². The van der Waals surface area contributed by atoms with Gasteiger partial charge in [-0.25, -0.2) is 0 Å². The number of nitrogens with two attached hydrogens (primary N) is 1. The molecule has 0 aromatic carbocycles. The summed E-state index contributed by atoms with van der Waals surface area (Å²) in [5.74, 6) is 0.716. The molecule has 2 heteroatoms. The molecule has 3 atom stereocenters. The topological polar surface area (TPSA) is 35.2 Å². The largest absolute Gasteiger partial charge is 0.375 e. The summed E-state index contributed by atoms with van der Waals surface area (Å²) in [4.78, 5) is 0. The van der Waals surface area contributed by atoms with Crippen LogP contribution in [-0.2, 0) is 4.74 Å². The highest BCUT2D eigenvalue weighted by molar-refractivity contribution is 4.73. The van der Waals surface area contributed by atoms with Crippen LogP contribution in [0.4, 0.5) is 0 Å². The molecule has 14 heavy (non-hydrogen) atoms. The molecular formula is C12H25NO. The van der Waals surface area contributed by atoms with Crippen molar-refractivity contribution >= 4 is 0 Å². The predicted octanol–water partition coefficient (Wildman–Crippen LogP) is 2.71. The third kappa shape index (κ3) is 4.43. The fraction of sp³-hybridized carbons (Fsp3) is 1.00. The Morgan fingerprint density at radius 1 is 1.36 bits per heavy atom. The normalized spacial score (nSPS) is 29.8. The Hall–Kier alpha value is -0.0800. The van der Waals surface area contributed by atoms with Crippen LogP contribution < -0.4 is 5.73 Å². The number of hydrogen-bond acceptors (Lipinski definition) is 2. The van der Waals surface area contributed by atoms with Crippen LogP contribution in [0.15, 0.2) is 0 Å². The van der Waals surface area contributed by atoms with E-state index in [-0.39, 0.29) is 0 Å². The second kappa shape index (κ2) is 5.72. The molecular weight excluding hydrogens is 174 g/mol. The zero-order chi connectivity index (χ0) is 10.6. The van der Waals surface area contributed by atoms with Crippen molar-refractivity contribution in [1.29, 1.82) is 0 Å². The maximum atomic E-state index is 6.03. The predicted molar refractivity (Wildman–Crippen MR) is 60.2 cm³/mol. The molecule has 2 nitrogen and oxygen atoms in total. The molecule has 0 aliphatic carbocycles. The minimum absolute atomic E-state index is 0.370. The summed E-state index contributed by atoms with van der Waals surface area (Å²) >= 11 is 0. The van der Waals surface area contributed by atoms with Crippen LogP contribution >= 0.6 is 0 Å². The van der Waals surface area contributed by atoms with Gasteiger partial charge in [-0.1, -0.05) is 13.8 Å². The van der Waals surface area contributed by atoms with Crippen molar-refractivity contribution in [2.75, 3.05) is 0 Å². The van der Waals surface area contributed by atoms with Gasteiger partial charge in [0.25, 0.3) is 0 Å². The molecule has 0 aromatic rings. The van der Waals surface area contributed by atoms with E-state index in [2.05, 4.69) is 20.8 Å². The highest BCUT2D eigenvalue weighted by atomic mass is 16.5. The summed E-state index contributed by atoms with van der Waals surface area (Å²) in [5.41, 5.74) is 6.03. The summed E-state index contributed by atoms with van der Waals surface area (Å²) in [7, 11) is 0. The second-order valence-corrected chi connectivity index (χ2v) is 5.11. The van der Waals surface area contributed by atoms with Crippen molar-refractivity contribution in [2.45, 2.75) is 71.1 Å². The Balaban J connectivity index is 2.08. The zero-order valence-corrected chi connectivity index (χ0v) is 9.83. The van der Waals surface area contributed by atoms with Gasteiger partial charge in [-0.3, -0.25) is 0 Å². The lowest BCUT2D eigenvalue weighted by atomic mass is 9.98. The van der Waals surface area contributed by atoms with E-state index >= 15 is 0 Å². The molecule has 0 amide bonds. The average molecular weight is 199 g/mol. The number of hydrogen-bond donors (Lipinski definition) is 1. The fourth-order valence-corrected chi connectivity index (χ4v) is 2.22. The molecule has 0 spiro atoms.